The maximum Gasteiger partial charge on any atom is 0.221 e. The first-order valence-corrected chi connectivity index (χ1v) is 8.27. The van der Waals surface area contributed by atoms with Gasteiger partial charge in [0.05, 0.1) is 0 Å². The van der Waals surface area contributed by atoms with Crippen LogP contribution in [-0.2, 0) is 4.79 Å². The summed E-state index contributed by atoms with van der Waals surface area (Å²) in [5.41, 5.74) is 2.16. The second-order valence-corrected chi connectivity index (χ2v) is 7.21. The summed E-state index contributed by atoms with van der Waals surface area (Å²) in [7, 11) is 0. The van der Waals surface area contributed by atoms with E-state index in [1.807, 2.05) is 12.1 Å². The zero-order valence-electron chi connectivity index (χ0n) is 12.8. The Kier molecular flexibility index (Phi) is 3.07. The molecule has 4 rings (SSSR count). The number of nitrogens with one attached hydrogen (secondary N) is 2. The molecule has 0 aromatic heterocycles. The molecule has 21 heavy (non-hydrogen) atoms. The van der Waals surface area contributed by atoms with Gasteiger partial charge in [-0.2, -0.15) is 0 Å². The van der Waals surface area contributed by atoms with Crippen LogP contribution >= 0.6 is 0 Å². The maximum absolute atomic E-state index is 11.2. The molecule has 2 N–H and O–H groups in total. The van der Waals surface area contributed by atoms with Crippen LogP contribution in [0, 0.1) is 23.7 Å². The highest BCUT2D eigenvalue weighted by molar-refractivity contribution is 5.88. The van der Waals surface area contributed by atoms with E-state index < -0.39 is 0 Å². The van der Waals surface area contributed by atoms with Gasteiger partial charge in [-0.3, -0.25) is 4.79 Å². The molecule has 3 heteroatoms. The lowest BCUT2D eigenvalue weighted by Crippen LogP contribution is -2.26. The molecule has 0 aliphatic heterocycles. The number of rotatable bonds is 4. The van der Waals surface area contributed by atoms with Gasteiger partial charge in [-0.25, -0.2) is 0 Å². The van der Waals surface area contributed by atoms with Crippen LogP contribution in [0.3, 0.4) is 0 Å². The quantitative estimate of drug-likeness (QED) is 0.890. The van der Waals surface area contributed by atoms with Gasteiger partial charge >= 0.3 is 0 Å². The number of fused-ring (bicyclic) bond motifs is 5. The molecule has 0 spiro atoms. The highest BCUT2D eigenvalue weighted by Gasteiger charge is 2.64. The zero-order valence-corrected chi connectivity index (χ0v) is 12.8. The minimum atomic E-state index is -0.0129. The second kappa shape index (κ2) is 4.84. The number of hydrogen-bond donors (Lipinski definition) is 2. The van der Waals surface area contributed by atoms with Crippen molar-refractivity contribution in [1.29, 1.82) is 0 Å². The smallest absolute Gasteiger partial charge is 0.221 e. The van der Waals surface area contributed by atoms with Gasteiger partial charge in [0.25, 0.3) is 0 Å². The molecule has 3 aliphatic rings. The SMILES string of the molecule is CC(=O)Nc1cccc(C(C)NC2C3C4CCC(C4)C23)c1. The second-order valence-electron chi connectivity index (χ2n) is 7.21. The number of anilines is 1. The van der Waals surface area contributed by atoms with Crippen LogP contribution in [0.25, 0.3) is 0 Å². The Morgan fingerprint density at radius 3 is 2.62 bits per heavy atom. The number of carbonyl (C=O) groups is 1. The van der Waals surface area contributed by atoms with Gasteiger partial charge in [-0.05, 0) is 67.6 Å². The molecule has 3 saturated carbocycles. The Labute approximate surface area is 126 Å². The highest BCUT2D eigenvalue weighted by atomic mass is 16.1. The van der Waals surface area contributed by atoms with Crippen molar-refractivity contribution in [3.63, 3.8) is 0 Å². The molecular weight excluding hydrogens is 260 g/mol. The molecule has 3 fully saturated rings. The zero-order chi connectivity index (χ0) is 14.6. The van der Waals surface area contributed by atoms with E-state index in [-0.39, 0.29) is 5.91 Å². The molecule has 0 heterocycles. The van der Waals surface area contributed by atoms with Crippen molar-refractivity contribution < 1.29 is 4.79 Å². The van der Waals surface area contributed by atoms with Crippen LogP contribution in [-0.4, -0.2) is 11.9 Å². The summed E-state index contributed by atoms with van der Waals surface area (Å²) in [6.07, 6.45) is 4.44. The van der Waals surface area contributed by atoms with E-state index in [0.717, 1.165) is 35.4 Å². The van der Waals surface area contributed by atoms with E-state index in [2.05, 4.69) is 29.7 Å². The number of hydrogen-bond acceptors (Lipinski definition) is 2. The van der Waals surface area contributed by atoms with Crippen LogP contribution in [0.2, 0.25) is 0 Å². The molecule has 1 amide bonds. The Balaban J connectivity index is 1.42. The summed E-state index contributed by atoms with van der Waals surface area (Å²) < 4.78 is 0. The summed E-state index contributed by atoms with van der Waals surface area (Å²) in [4.78, 5) is 11.2. The van der Waals surface area contributed by atoms with E-state index in [4.69, 9.17) is 0 Å². The maximum atomic E-state index is 11.2. The van der Waals surface area contributed by atoms with Crippen LogP contribution in [0.1, 0.15) is 44.7 Å². The van der Waals surface area contributed by atoms with Crippen molar-refractivity contribution in [2.45, 2.75) is 45.2 Å². The first kappa shape index (κ1) is 13.3. The van der Waals surface area contributed by atoms with Crippen molar-refractivity contribution in [2.24, 2.45) is 23.7 Å². The number of benzene rings is 1. The summed E-state index contributed by atoms with van der Waals surface area (Å²) in [5, 5.41) is 6.71. The van der Waals surface area contributed by atoms with E-state index in [1.54, 1.807) is 6.92 Å². The normalized spacial score (nSPS) is 37.1. The van der Waals surface area contributed by atoms with Gasteiger partial charge < -0.3 is 10.6 Å². The van der Waals surface area contributed by atoms with Crippen LogP contribution in [0.5, 0.6) is 0 Å². The van der Waals surface area contributed by atoms with Gasteiger partial charge in [0, 0.05) is 24.7 Å². The molecule has 0 radical (unpaired) electrons. The predicted molar refractivity (Wildman–Crippen MR) is 83.9 cm³/mol. The third kappa shape index (κ3) is 2.28. The lowest BCUT2D eigenvalue weighted by atomic mass is 10.0. The van der Waals surface area contributed by atoms with Crippen molar-refractivity contribution in [2.75, 3.05) is 5.32 Å². The Morgan fingerprint density at radius 2 is 1.95 bits per heavy atom. The summed E-state index contributed by atoms with van der Waals surface area (Å²) in [6, 6.07) is 9.31. The van der Waals surface area contributed by atoms with Crippen LogP contribution in [0.15, 0.2) is 24.3 Å². The minimum absolute atomic E-state index is 0.0129. The predicted octanol–water partition coefficient (Wildman–Crippen LogP) is 3.34. The third-order valence-electron chi connectivity index (χ3n) is 5.88. The van der Waals surface area contributed by atoms with Gasteiger partial charge in [0.2, 0.25) is 5.91 Å². The fourth-order valence-corrected chi connectivity index (χ4v) is 5.02. The van der Waals surface area contributed by atoms with Crippen molar-refractivity contribution in [3.8, 4) is 0 Å². The van der Waals surface area contributed by atoms with Gasteiger partial charge in [0.1, 0.15) is 0 Å². The monoisotopic (exact) mass is 284 g/mol. The average molecular weight is 284 g/mol. The first-order chi connectivity index (χ1) is 10.1. The van der Waals surface area contributed by atoms with Crippen LogP contribution < -0.4 is 10.6 Å². The molecule has 112 valence electrons. The molecule has 5 unspecified atom stereocenters. The van der Waals surface area contributed by atoms with Crippen molar-refractivity contribution in [3.05, 3.63) is 29.8 Å². The molecule has 5 atom stereocenters. The lowest BCUT2D eigenvalue weighted by Gasteiger charge is -2.18. The molecule has 3 aliphatic carbocycles. The molecule has 0 saturated heterocycles. The Morgan fingerprint density at radius 1 is 1.24 bits per heavy atom. The highest BCUT2D eigenvalue weighted by Crippen LogP contribution is 2.65. The first-order valence-electron chi connectivity index (χ1n) is 8.27. The molecular formula is C18H24N2O. The summed E-state index contributed by atoms with van der Waals surface area (Å²) in [5.74, 6) is 3.93. The fraction of sp³-hybridized carbons (Fsp3) is 0.611. The number of carbonyl (C=O) groups excluding carboxylic acids is 1. The molecule has 2 bridgehead atoms. The minimum Gasteiger partial charge on any atom is -0.326 e. The standard InChI is InChI=1S/C18H24N2O/c1-10(12-4-3-5-15(9-12)20-11(2)21)19-18-16-13-6-7-14(8-13)17(16)18/h3-5,9-10,13-14,16-19H,6-8H2,1-2H3,(H,20,21). The molecule has 1 aromatic rings. The van der Waals surface area contributed by atoms with Gasteiger partial charge in [-0.15, -0.1) is 0 Å². The van der Waals surface area contributed by atoms with E-state index in [0.29, 0.717) is 6.04 Å². The van der Waals surface area contributed by atoms with Gasteiger partial charge in [0.15, 0.2) is 0 Å². The Bertz CT molecular complexity index is 554. The summed E-state index contributed by atoms with van der Waals surface area (Å²) >= 11 is 0. The third-order valence-corrected chi connectivity index (χ3v) is 5.88. The Hall–Kier alpha value is -1.35. The van der Waals surface area contributed by atoms with Crippen molar-refractivity contribution >= 4 is 11.6 Å². The fourth-order valence-electron chi connectivity index (χ4n) is 5.02. The average Bonchev–Trinajstić information content (AvgIpc) is 2.83. The largest absolute Gasteiger partial charge is 0.326 e. The van der Waals surface area contributed by atoms with E-state index >= 15 is 0 Å². The van der Waals surface area contributed by atoms with E-state index in [9.17, 15) is 4.79 Å². The van der Waals surface area contributed by atoms with E-state index in [1.165, 1.54) is 24.8 Å². The lowest BCUT2D eigenvalue weighted by molar-refractivity contribution is -0.114. The molecule has 1 aromatic carbocycles. The van der Waals surface area contributed by atoms with Crippen molar-refractivity contribution in [1.82, 2.24) is 5.32 Å². The topological polar surface area (TPSA) is 41.1 Å². The molecule has 3 nitrogen and oxygen atoms in total. The number of amides is 1. The van der Waals surface area contributed by atoms with Crippen LogP contribution in [0.4, 0.5) is 5.69 Å². The summed E-state index contributed by atoms with van der Waals surface area (Å²) in [6.45, 7) is 3.79. The van der Waals surface area contributed by atoms with Gasteiger partial charge in [-0.1, -0.05) is 12.1 Å².